The van der Waals surface area contributed by atoms with E-state index in [-0.39, 0.29) is 54.1 Å². The van der Waals surface area contributed by atoms with Crippen molar-refractivity contribution in [2.75, 3.05) is 26.2 Å². The van der Waals surface area contributed by atoms with Crippen LogP contribution in [0.5, 0.6) is 5.75 Å². The maximum absolute atomic E-state index is 14.1. The first-order valence-electron chi connectivity index (χ1n) is 17.4. The van der Waals surface area contributed by atoms with Crippen LogP contribution < -0.4 is 5.32 Å². The summed E-state index contributed by atoms with van der Waals surface area (Å²) < 4.78 is 28.3. The minimum absolute atomic E-state index is 0.00705. The molecule has 3 aromatic carbocycles. The Morgan fingerprint density at radius 2 is 1.65 bits per heavy atom. The predicted octanol–water partition coefficient (Wildman–Crippen LogP) is 4.95. The molecule has 1 aliphatic heterocycles. The highest BCUT2D eigenvalue weighted by molar-refractivity contribution is 7.92. The van der Waals surface area contributed by atoms with Crippen LogP contribution in [-0.4, -0.2) is 94.0 Å². The van der Waals surface area contributed by atoms with Crippen molar-refractivity contribution >= 4 is 32.7 Å². The molecule has 4 aromatic rings. The number of rotatable bonds is 15. The van der Waals surface area contributed by atoms with E-state index in [0.29, 0.717) is 25.2 Å². The van der Waals surface area contributed by atoms with Gasteiger partial charge >= 0.3 is 6.03 Å². The highest BCUT2D eigenvalue weighted by Gasteiger charge is 2.40. The van der Waals surface area contributed by atoms with Crippen LogP contribution in [0.25, 0.3) is 10.9 Å². The fourth-order valence-electron chi connectivity index (χ4n) is 6.89. The van der Waals surface area contributed by atoms with E-state index >= 15 is 0 Å². The van der Waals surface area contributed by atoms with E-state index in [1.54, 1.807) is 27.8 Å². The van der Waals surface area contributed by atoms with E-state index in [4.69, 9.17) is 0 Å². The molecule has 5 rings (SSSR count). The highest BCUT2D eigenvalue weighted by atomic mass is 32.2. The molecule has 0 unspecified atom stereocenters. The molecule has 0 spiro atoms. The Balaban J connectivity index is 1.28. The molecule has 2 heterocycles. The van der Waals surface area contributed by atoms with Gasteiger partial charge in [0.25, 0.3) is 0 Å². The monoisotopic (exact) mass is 715 g/mol. The van der Waals surface area contributed by atoms with Crippen LogP contribution in [0.1, 0.15) is 44.4 Å². The molecule has 1 aromatic heterocycles. The number of hydrogen-bond donors (Lipinski definition) is 3. The number of aliphatic hydroxyl groups is 1. The minimum atomic E-state index is -3.95. The predicted molar refractivity (Wildman–Crippen MR) is 197 cm³/mol. The zero-order chi connectivity index (χ0) is 36.9. The summed E-state index contributed by atoms with van der Waals surface area (Å²) in [6.45, 7) is 10.3. The number of aliphatic hydroxyl groups excluding tert-OH is 1. The van der Waals surface area contributed by atoms with Crippen molar-refractivity contribution in [2.24, 2.45) is 11.8 Å². The summed E-state index contributed by atoms with van der Waals surface area (Å²) in [4.78, 5) is 36.9. The number of nitrogens with zero attached hydrogens (tertiary/aromatic N) is 4. The number of sulfone groups is 1. The number of aromatic nitrogens is 1. The number of carbonyl (C=O) groups excluding carboxylic acids is 2. The lowest BCUT2D eigenvalue weighted by Crippen LogP contribution is -2.54. The molecule has 0 aliphatic carbocycles. The van der Waals surface area contributed by atoms with E-state index in [2.05, 4.69) is 10.3 Å². The molecule has 272 valence electrons. The van der Waals surface area contributed by atoms with E-state index in [0.717, 1.165) is 22.0 Å². The molecule has 1 saturated heterocycles. The van der Waals surface area contributed by atoms with Crippen LogP contribution in [0.4, 0.5) is 4.79 Å². The molecule has 3 atom stereocenters. The Hall–Kier alpha value is -4.52. The van der Waals surface area contributed by atoms with Crippen molar-refractivity contribution in [3.8, 4) is 5.75 Å². The second-order valence-electron chi connectivity index (χ2n) is 14.1. The number of fused-ring (bicyclic) bond motifs is 1. The van der Waals surface area contributed by atoms with E-state index in [9.17, 15) is 28.2 Å². The SMILES string of the molecule is Cc1cc(S(=O)(=O)[C@@H](C(C)C)N(Cc2ccccc2)C[C@@H](O)CNC(=O)[C@H](C(C)C)N2CCN(Cc3cnc4ccccc4c3)C2=O)ccc1O. The lowest BCUT2D eigenvalue weighted by molar-refractivity contribution is -0.127. The van der Waals surface area contributed by atoms with Gasteiger partial charge in [-0.15, -0.1) is 0 Å². The lowest BCUT2D eigenvalue weighted by atomic mass is 10.0. The van der Waals surface area contributed by atoms with Gasteiger partial charge in [-0.3, -0.25) is 14.7 Å². The number of amides is 3. The number of carbonyl (C=O) groups is 2. The third kappa shape index (κ3) is 8.87. The number of pyridine rings is 1. The van der Waals surface area contributed by atoms with Crippen LogP contribution in [-0.2, 0) is 27.7 Å². The number of phenolic OH excluding ortho intramolecular Hbond substituents is 1. The molecule has 0 radical (unpaired) electrons. The number of aryl methyl sites for hydroxylation is 1. The van der Waals surface area contributed by atoms with Crippen molar-refractivity contribution in [3.05, 3.63) is 102 Å². The summed E-state index contributed by atoms with van der Waals surface area (Å²) in [5.41, 5.74) is 3.10. The standard InChI is InChI=1S/C39H49N5O6S/c1-26(2)36(44-18-17-42(39(44)48)24-30-20-31-13-9-10-14-34(31)40-21-30)37(47)41-22-32(45)25-43(23-29-11-7-6-8-12-29)38(27(3)4)51(49,50)33-15-16-35(46)28(5)19-33/h6-16,19-21,26-27,32,36,38,45-46H,17-18,22-25H2,1-5H3,(H,41,47)/t32-,36-,38-/m0/s1. The second-order valence-corrected chi connectivity index (χ2v) is 16.1. The summed E-state index contributed by atoms with van der Waals surface area (Å²) in [5.74, 6) is -0.942. The van der Waals surface area contributed by atoms with E-state index < -0.39 is 27.4 Å². The Morgan fingerprint density at radius 3 is 2.33 bits per heavy atom. The van der Waals surface area contributed by atoms with Crippen molar-refractivity contribution in [1.29, 1.82) is 0 Å². The summed E-state index contributed by atoms with van der Waals surface area (Å²) in [7, 11) is -3.95. The molecule has 51 heavy (non-hydrogen) atoms. The summed E-state index contributed by atoms with van der Waals surface area (Å²) >= 11 is 0. The third-order valence-corrected chi connectivity index (χ3v) is 11.7. The van der Waals surface area contributed by atoms with Gasteiger partial charge in [-0.1, -0.05) is 76.2 Å². The van der Waals surface area contributed by atoms with Gasteiger partial charge in [0.1, 0.15) is 17.2 Å². The molecule has 0 bridgehead atoms. The number of nitrogens with one attached hydrogen (secondary N) is 1. The van der Waals surface area contributed by atoms with Crippen molar-refractivity contribution in [2.45, 2.75) is 70.1 Å². The topological polar surface area (TPSA) is 143 Å². The average molecular weight is 716 g/mol. The number of urea groups is 1. The fourth-order valence-corrected chi connectivity index (χ4v) is 9.04. The molecule has 3 amide bonds. The fraction of sp³-hybridized carbons (Fsp3) is 0.410. The Bertz CT molecular complexity index is 1940. The average Bonchev–Trinajstić information content (AvgIpc) is 3.43. The Labute approximate surface area is 300 Å². The quantitative estimate of drug-likeness (QED) is 0.157. The number of benzene rings is 3. The van der Waals surface area contributed by atoms with Gasteiger partial charge in [0, 0.05) is 50.9 Å². The van der Waals surface area contributed by atoms with Crippen molar-refractivity contribution < 1.29 is 28.2 Å². The smallest absolute Gasteiger partial charge is 0.321 e. The first-order chi connectivity index (χ1) is 24.3. The molecule has 12 heteroatoms. The Kier molecular flexibility index (Phi) is 12.0. The van der Waals surface area contributed by atoms with Gasteiger partial charge in [-0.05, 0) is 65.8 Å². The molecule has 1 fully saturated rings. The first kappa shape index (κ1) is 37.7. The van der Waals surface area contributed by atoms with E-state index in [1.165, 1.54) is 18.2 Å². The third-order valence-electron chi connectivity index (χ3n) is 9.31. The molecular weight excluding hydrogens is 667 g/mol. The van der Waals surface area contributed by atoms with Gasteiger partial charge in [0.15, 0.2) is 9.84 Å². The number of aromatic hydroxyl groups is 1. The molecule has 11 nitrogen and oxygen atoms in total. The zero-order valence-corrected chi connectivity index (χ0v) is 30.8. The number of phenols is 1. The van der Waals surface area contributed by atoms with Crippen LogP contribution >= 0.6 is 0 Å². The lowest BCUT2D eigenvalue weighted by Gasteiger charge is -2.36. The van der Waals surface area contributed by atoms with Crippen molar-refractivity contribution in [3.63, 3.8) is 0 Å². The molecular formula is C39H49N5O6S. The maximum atomic E-state index is 14.1. The van der Waals surface area contributed by atoms with Crippen LogP contribution in [0, 0.1) is 18.8 Å². The zero-order valence-electron chi connectivity index (χ0n) is 29.9. The second kappa shape index (κ2) is 16.2. The number of hydrogen-bond acceptors (Lipinski definition) is 8. The molecule has 1 aliphatic rings. The van der Waals surface area contributed by atoms with Crippen LogP contribution in [0.2, 0.25) is 0 Å². The number of para-hydroxylation sites is 1. The van der Waals surface area contributed by atoms with Crippen LogP contribution in [0.3, 0.4) is 0 Å². The molecule has 0 saturated carbocycles. The van der Waals surface area contributed by atoms with Gasteiger partial charge in [0.05, 0.1) is 16.5 Å². The summed E-state index contributed by atoms with van der Waals surface area (Å²) in [6, 6.07) is 22.5. The van der Waals surface area contributed by atoms with Crippen LogP contribution in [0.15, 0.2) is 90.0 Å². The van der Waals surface area contributed by atoms with Gasteiger partial charge < -0.3 is 25.3 Å². The maximum Gasteiger partial charge on any atom is 0.321 e. The van der Waals surface area contributed by atoms with Crippen molar-refractivity contribution in [1.82, 2.24) is 25.0 Å². The Morgan fingerprint density at radius 1 is 0.941 bits per heavy atom. The highest BCUT2D eigenvalue weighted by Crippen LogP contribution is 2.29. The van der Waals surface area contributed by atoms with Gasteiger partial charge in [-0.2, -0.15) is 0 Å². The largest absolute Gasteiger partial charge is 0.508 e. The molecule has 3 N–H and O–H groups in total. The first-order valence-corrected chi connectivity index (χ1v) is 19.0. The van der Waals surface area contributed by atoms with Gasteiger partial charge in [0.2, 0.25) is 5.91 Å². The van der Waals surface area contributed by atoms with Gasteiger partial charge in [-0.25, -0.2) is 13.2 Å². The van der Waals surface area contributed by atoms with E-state index in [1.807, 2.05) is 88.4 Å². The normalized spacial score (nSPS) is 15.6. The summed E-state index contributed by atoms with van der Waals surface area (Å²) in [5, 5.41) is 24.2. The minimum Gasteiger partial charge on any atom is -0.508 e. The summed E-state index contributed by atoms with van der Waals surface area (Å²) in [6.07, 6.45) is 0.656.